The van der Waals surface area contributed by atoms with Gasteiger partial charge >= 0.3 is 0 Å². The highest BCUT2D eigenvalue weighted by Gasteiger charge is 2.17. The number of fused-ring (bicyclic) bond motifs is 2. The maximum absolute atomic E-state index is 14.0. The molecule has 33 heavy (non-hydrogen) atoms. The predicted octanol–water partition coefficient (Wildman–Crippen LogP) is 4.43. The fraction of sp³-hybridized carbons (Fsp3) is 0.250. The van der Waals surface area contributed by atoms with Crippen LogP contribution in [0.25, 0.3) is 27.6 Å². The zero-order valence-corrected chi connectivity index (χ0v) is 18.6. The van der Waals surface area contributed by atoms with Crippen molar-refractivity contribution in [1.82, 2.24) is 24.5 Å². The van der Waals surface area contributed by atoms with Crippen LogP contribution in [0.4, 0.5) is 10.2 Å². The minimum Gasteiger partial charge on any atom is -0.394 e. The number of aliphatic imine (C=N–C) groups is 1. The van der Waals surface area contributed by atoms with Gasteiger partial charge in [0.15, 0.2) is 17.3 Å². The molecule has 4 rings (SSSR count). The van der Waals surface area contributed by atoms with E-state index in [0.29, 0.717) is 34.9 Å². The number of imidazole rings is 1. The molecular weight excluding hydrogens is 421 g/mol. The summed E-state index contributed by atoms with van der Waals surface area (Å²) < 4.78 is 15.8. The standard InChI is InChI=1S/C24H26FN7O/c1-15(10-18(25)12-26-3)22-30-23(21-24(31-22)32(14-29-21)16(2)13-33)27-9-8-17-11-28-20-7-5-4-6-19(17)20/h4-7,10-12,14,16,28,33H,3,8-9,13H2,1-2H3,(H,27,30,31)/b15-10+,18-12+. The number of hydrogen-bond donors (Lipinski definition) is 3. The number of nitrogens with zero attached hydrogens (tertiary/aromatic N) is 5. The fourth-order valence-electron chi connectivity index (χ4n) is 3.68. The Bertz CT molecular complexity index is 1350. The lowest BCUT2D eigenvalue weighted by Crippen LogP contribution is -2.11. The average Bonchev–Trinajstić information content (AvgIpc) is 3.43. The summed E-state index contributed by atoms with van der Waals surface area (Å²) in [6.07, 6.45) is 6.76. The summed E-state index contributed by atoms with van der Waals surface area (Å²) in [4.78, 5) is 20.4. The highest BCUT2D eigenvalue weighted by Crippen LogP contribution is 2.25. The van der Waals surface area contributed by atoms with Gasteiger partial charge in [-0.15, -0.1) is 0 Å². The Morgan fingerprint density at radius 2 is 2.18 bits per heavy atom. The molecule has 0 saturated heterocycles. The summed E-state index contributed by atoms with van der Waals surface area (Å²) in [6, 6.07) is 7.94. The van der Waals surface area contributed by atoms with E-state index < -0.39 is 5.83 Å². The van der Waals surface area contributed by atoms with Crippen LogP contribution in [0, 0.1) is 0 Å². The van der Waals surface area contributed by atoms with Crippen molar-refractivity contribution in [2.24, 2.45) is 4.99 Å². The van der Waals surface area contributed by atoms with Crippen molar-refractivity contribution in [2.75, 3.05) is 18.5 Å². The molecule has 0 aliphatic carbocycles. The van der Waals surface area contributed by atoms with Crippen molar-refractivity contribution >= 4 is 40.2 Å². The van der Waals surface area contributed by atoms with Gasteiger partial charge in [0.2, 0.25) is 0 Å². The third kappa shape index (κ3) is 4.68. The minimum absolute atomic E-state index is 0.0642. The number of nitrogens with one attached hydrogen (secondary N) is 2. The van der Waals surface area contributed by atoms with E-state index in [2.05, 4.69) is 43.0 Å². The zero-order valence-electron chi connectivity index (χ0n) is 18.6. The SMILES string of the molecule is C=N/C=C(F)\C=C(/C)c1nc(NCCc2c[nH]c3ccccc23)c2ncn(C(C)CO)c2n1. The lowest BCUT2D eigenvalue weighted by Gasteiger charge is -2.12. The first-order valence-electron chi connectivity index (χ1n) is 10.7. The number of hydrogen-bond acceptors (Lipinski definition) is 6. The quantitative estimate of drug-likeness (QED) is 0.260. The van der Waals surface area contributed by atoms with E-state index >= 15 is 0 Å². The van der Waals surface area contributed by atoms with Crippen LogP contribution in [0.15, 0.2) is 59.9 Å². The molecule has 9 heteroatoms. The van der Waals surface area contributed by atoms with E-state index in [9.17, 15) is 9.50 Å². The number of anilines is 1. The van der Waals surface area contributed by atoms with Crippen LogP contribution in [-0.2, 0) is 6.42 Å². The van der Waals surface area contributed by atoms with Gasteiger partial charge in [0, 0.05) is 23.6 Å². The molecule has 4 aromatic rings. The van der Waals surface area contributed by atoms with E-state index in [-0.39, 0.29) is 12.6 Å². The maximum atomic E-state index is 14.0. The number of benzene rings is 1. The smallest absolute Gasteiger partial charge is 0.166 e. The van der Waals surface area contributed by atoms with Gasteiger partial charge in [-0.3, -0.25) is 4.99 Å². The van der Waals surface area contributed by atoms with E-state index in [1.807, 2.05) is 31.3 Å². The third-order valence-electron chi connectivity index (χ3n) is 5.44. The first kappa shape index (κ1) is 22.3. The van der Waals surface area contributed by atoms with Gasteiger partial charge in [-0.1, -0.05) is 18.2 Å². The molecule has 0 saturated carbocycles. The van der Waals surface area contributed by atoms with Crippen molar-refractivity contribution in [2.45, 2.75) is 26.3 Å². The maximum Gasteiger partial charge on any atom is 0.166 e. The Morgan fingerprint density at radius 1 is 1.36 bits per heavy atom. The number of aromatic nitrogens is 5. The van der Waals surface area contributed by atoms with Crippen LogP contribution in [0.2, 0.25) is 0 Å². The first-order valence-corrected chi connectivity index (χ1v) is 10.7. The van der Waals surface area contributed by atoms with Gasteiger partial charge in [0.05, 0.1) is 25.2 Å². The lowest BCUT2D eigenvalue weighted by molar-refractivity contribution is 0.241. The number of allylic oxidation sites excluding steroid dienone is 3. The third-order valence-corrected chi connectivity index (χ3v) is 5.44. The van der Waals surface area contributed by atoms with Crippen LogP contribution in [-0.4, -0.2) is 49.5 Å². The molecule has 170 valence electrons. The Balaban J connectivity index is 1.67. The van der Waals surface area contributed by atoms with Crippen LogP contribution in [0.3, 0.4) is 0 Å². The molecule has 8 nitrogen and oxygen atoms in total. The van der Waals surface area contributed by atoms with Crippen LogP contribution < -0.4 is 5.32 Å². The zero-order chi connectivity index (χ0) is 23.4. The Kier molecular flexibility index (Phi) is 6.60. The first-order chi connectivity index (χ1) is 16.0. The summed E-state index contributed by atoms with van der Waals surface area (Å²) in [5.74, 6) is 0.367. The Hall–Kier alpha value is -3.85. The molecule has 0 radical (unpaired) electrons. The van der Waals surface area contributed by atoms with Crippen molar-refractivity contribution in [3.05, 3.63) is 66.3 Å². The van der Waals surface area contributed by atoms with Crippen molar-refractivity contribution in [1.29, 1.82) is 0 Å². The summed E-state index contributed by atoms with van der Waals surface area (Å²) in [6.45, 7) is 7.42. The van der Waals surface area contributed by atoms with Gasteiger partial charge in [-0.2, -0.15) is 0 Å². The largest absolute Gasteiger partial charge is 0.394 e. The molecule has 0 aliphatic heterocycles. The molecule has 0 amide bonds. The molecule has 0 aliphatic rings. The van der Waals surface area contributed by atoms with Gasteiger partial charge in [0.1, 0.15) is 11.3 Å². The fourth-order valence-corrected chi connectivity index (χ4v) is 3.68. The summed E-state index contributed by atoms with van der Waals surface area (Å²) in [5.41, 5.74) is 3.98. The van der Waals surface area contributed by atoms with E-state index in [1.54, 1.807) is 17.8 Å². The molecule has 1 unspecified atom stereocenters. The second kappa shape index (κ2) is 9.74. The monoisotopic (exact) mass is 447 g/mol. The summed E-state index contributed by atoms with van der Waals surface area (Å²) in [7, 11) is 0. The topological polar surface area (TPSA) is 104 Å². The van der Waals surface area contributed by atoms with Crippen molar-refractivity contribution in [3.8, 4) is 0 Å². The molecule has 3 N–H and O–H groups in total. The van der Waals surface area contributed by atoms with E-state index in [4.69, 9.17) is 0 Å². The number of aliphatic hydroxyl groups excluding tert-OH is 1. The lowest BCUT2D eigenvalue weighted by atomic mass is 10.1. The molecule has 0 spiro atoms. The van der Waals surface area contributed by atoms with Crippen LogP contribution in [0.5, 0.6) is 0 Å². The highest BCUT2D eigenvalue weighted by atomic mass is 19.1. The average molecular weight is 448 g/mol. The molecule has 0 fully saturated rings. The molecule has 3 aromatic heterocycles. The number of para-hydroxylation sites is 1. The highest BCUT2D eigenvalue weighted by molar-refractivity contribution is 5.85. The molecular formula is C24H26FN7O. The summed E-state index contributed by atoms with van der Waals surface area (Å²) in [5, 5.41) is 14.2. The number of aliphatic hydroxyl groups is 1. The number of rotatable bonds is 9. The van der Waals surface area contributed by atoms with Gasteiger partial charge in [-0.25, -0.2) is 19.3 Å². The van der Waals surface area contributed by atoms with Crippen molar-refractivity contribution < 1.29 is 9.50 Å². The second-order valence-electron chi connectivity index (χ2n) is 7.81. The number of halogens is 1. The molecule has 1 aromatic carbocycles. The minimum atomic E-state index is -0.544. The van der Waals surface area contributed by atoms with Gasteiger partial charge in [0.25, 0.3) is 0 Å². The second-order valence-corrected chi connectivity index (χ2v) is 7.81. The predicted molar refractivity (Wildman–Crippen MR) is 130 cm³/mol. The number of H-pyrrole nitrogens is 1. The van der Waals surface area contributed by atoms with Gasteiger partial charge < -0.3 is 20.0 Å². The van der Waals surface area contributed by atoms with Crippen LogP contribution in [0.1, 0.15) is 31.3 Å². The molecule has 1 atom stereocenters. The molecule has 0 bridgehead atoms. The Labute approximate surface area is 190 Å². The Morgan fingerprint density at radius 3 is 2.97 bits per heavy atom. The van der Waals surface area contributed by atoms with E-state index in [0.717, 1.165) is 18.1 Å². The van der Waals surface area contributed by atoms with Crippen LogP contribution >= 0.6 is 0 Å². The number of aromatic amines is 1. The van der Waals surface area contributed by atoms with E-state index in [1.165, 1.54) is 17.0 Å². The molecule has 3 heterocycles. The van der Waals surface area contributed by atoms with Crippen molar-refractivity contribution in [3.63, 3.8) is 0 Å². The summed E-state index contributed by atoms with van der Waals surface area (Å²) >= 11 is 0. The normalized spacial score (nSPS) is 13.6. The van der Waals surface area contributed by atoms with Gasteiger partial charge in [-0.05, 0) is 50.3 Å².